The van der Waals surface area contributed by atoms with Crippen molar-refractivity contribution in [3.8, 4) is 0 Å². The van der Waals surface area contributed by atoms with Crippen LogP contribution < -0.4 is 10.7 Å². The molecule has 17 heavy (non-hydrogen) atoms. The third-order valence-electron chi connectivity index (χ3n) is 2.56. The van der Waals surface area contributed by atoms with E-state index in [4.69, 9.17) is 0 Å². The maximum atomic E-state index is 11.8. The van der Waals surface area contributed by atoms with Crippen LogP contribution in [0.2, 0.25) is 0 Å². The van der Waals surface area contributed by atoms with Crippen molar-refractivity contribution >= 4 is 23.7 Å². The van der Waals surface area contributed by atoms with Gasteiger partial charge in [0.05, 0.1) is 5.25 Å². The van der Waals surface area contributed by atoms with E-state index in [9.17, 15) is 9.59 Å². The van der Waals surface area contributed by atoms with Gasteiger partial charge < -0.3 is 5.32 Å². The Morgan fingerprint density at radius 2 is 2.41 bits per heavy atom. The van der Waals surface area contributed by atoms with Gasteiger partial charge in [0.15, 0.2) is 0 Å². The molecule has 3 amide bonds. The smallest absolute Gasteiger partial charge is 0.336 e. The maximum Gasteiger partial charge on any atom is 0.336 e. The van der Waals surface area contributed by atoms with E-state index in [-0.39, 0.29) is 17.2 Å². The van der Waals surface area contributed by atoms with Gasteiger partial charge in [-0.3, -0.25) is 10.2 Å². The molecule has 1 aliphatic heterocycles. The van der Waals surface area contributed by atoms with E-state index in [0.29, 0.717) is 13.1 Å². The highest BCUT2D eigenvalue weighted by molar-refractivity contribution is 8.00. The third kappa shape index (κ3) is 4.85. The quantitative estimate of drug-likeness (QED) is 0.708. The predicted molar refractivity (Wildman–Crippen MR) is 69.7 cm³/mol. The zero-order chi connectivity index (χ0) is 12.7. The molecule has 0 unspecified atom stereocenters. The molecule has 0 radical (unpaired) electrons. The number of thioether (sulfide) groups is 1. The second kappa shape index (κ2) is 7.42. The molecule has 2 N–H and O–H groups in total. The minimum Gasteiger partial charge on any atom is -0.336 e. The Morgan fingerprint density at radius 3 is 3.06 bits per heavy atom. The van der Waals surface area contributed by atoms with Gasteiger partial charge in [-0.2, -0.15) is 0 Å². The van der Waals surface area contributed by atoms with Crippen molar-refractivity contribution in [1.29, 1.82) is 0 Å². The van der Waals surface area contributed by atoms with Crippen molar-refractivity contribution < 1.29 is 9.59 Å². The summed E-state index contributed by atoms with van der Waals surface area (Å²) in [5, 5.41) is 3.94. The van der Waals surface area contributed by atoms with Crippen LogP contribution in [0.25, 0.3) is 0 Å². The van der Waals surface area contributed by atoms with Crippen molar-refractivity contribution in [3.63, 3.8) is 0 Å². The number of amides is 3. The summed E-state index contributed by atoms with van der Waals surface area (Å²) in [6.45, 7) is 5.27. The van der Waals surface area contributed by atoms with Gasteiger partial charge in [0.25, 0.3) is 5.91 Å². The highest BCUT2D eigenvalue weighted by atomic mass is 32.2. The molecule has 0 saturated carbocycles. The molecule has 1 heterocycles. The lowest BCUT2D eigenvalue weighted by molar-refractivity contribution is -0.124. The molecule has 5 nitrogen and oxygen atoms in total. The summed E-state index contributed by atoms with van der Waals surface area (Å²) in [6.07, 6.45) is 3.12. The molecule has 98 valence electrons. The van der Waals surface area contributed by atoms with Crippen molar-refractivity contribution in [2.45, 2.75) is 38.4 Å². The Balaban J connectivity index is 2.29. The van der Waals surface area contributed by atoms with Gasteiger partial charge in [0.1, 0.15) is 0 Å². The van der Waals surface area contributed by atoms with Gasteiger partial charge in [-0.15, -0.1) is 11.8 Å². The SMILES string of the molecule is CCCCS[C@@H](C)C(=O)NN1CCCNC1=O. The summed E-state index contributed by atoms with van der Waals surface area (Å²) in [5.74, 6) is 0.889. The van der Waals surface area contributed by atoms with Crippen LogP contribution in [0.15, 0.2) is 0 Å². The van der Waals surface area contributed by atoms with Gasteiger partial charge in [-0.05, 0) is 25.5 Å². The number of carbonyl (C=O) groups is 2. The summed E-state index contributed by atoms with van der Waals surface area (Å²) in [5.41, 5.74) is 2.66. The number of urea groups is 1. The summed E-state index contributed by atoms with van der Waals surface area (Å²) in [4.78, 5) is 23.2. The van der Waals surface area contributed by atoms with E-state index < -0.39 is 0 Å². The molecule has 1 saturated heterocycles. The van der Waals surface area contributed by atoms with Crippen LogP contribution in [-0.4, -0.2) is 41.0 Å². The highest BCUT2D eigenvalue weighted by Gasteiger charge is 2.22. The maximum absolute atomic E-state index is 11.8. The molecule has 1 fully saturated rings. The average molecular weight is 259 g/mol. The van der Waals surface area contributed by atoms with Crippen molar-refractivity contribution in [3.05, 3.63) is 0 Å². The average Bonchev–Trinajstić information content (AvgIpc) is 2.32. The van der Waals surface area contributed by atoms with Crippen LogP contribution in [0, 0.1) is 0 Å². The Bertz CT molecular complexity index is 273. The standard InChI is InChI=1S/C11H21N3O2S/c1-3-4-8-17-9(2)10(15)13-14-7-5-6-12-11(14)16/h9H,3-8H2,1-2H3,(H,12,16)(H,13,15)/t9-/m0/s1. The molecular weight excluding hydrogens is 238 g/mol. The monoisotopic (exact) mass is 259 g/mol. The largest absolute Gasteiger partial charge is 0.336 e. The van der Waals surface area contributed by atoms with Crippen LogP contribution in [0.3, 0.4) is 0 Å². The fourth-order valence-electron chi connectivity index (χ4n) is 1.44. The number of hydrogen-bond donors (Lipinski definition) is 2. The molecule has 6 heteroatoms. The summed E-state index contributed by atoms with van der Waals surface area (Å²) < 4.78 is 0. The first kappa shape index (κ1) is 14.2. The second-order valence-corrected chi connectivity index (χ2v) is 5.53. The Hall–Kier alpha value is -0.910. The van der Waals surface area contributed by atoms with Crippen molar-refractivity contribution in [1.82, 2.24) is 15.8 Å². The summed E-state index contributed by atoms with van der Waals surface area (Å²) in [7, 11) is 0. The van der Waals surface area contributed by atoms with Crippen LogP contribution in [-0.2, 0) is 4.79 Å². The van der Waals surface area contributed by atoms with Crippen LogP contribution in [0.5, 0.6) is 0 Å². The topological polar surface area (TPSA) is 61.4 Å². The number of rotatable bonds is 6. The Labute approximate surface area is 107 Å². The van der Waals surface area contributed by atoms with Crippen molar-refractivity contribution in [2.24, 2.45) is 0 Å². The van der Waals surface area contributed by atoms with Gasteiger partial charge in [-0.25, -0.2) is 9.80 Å². The molecule has 0 aromatic rings. The minimum atomic E-state index is -0.213. The van der Waals surface area contributed by atoms with Crippen molar-refractivity contribution in [2.75, 3.05) is 18.8 Å². The lowest BCUT2D eigenvalue weighted by Crippen LogP contribution is -2.56. The number of hydrogen-bond acceptors (Lipinski definition) is 3. The van der Waals surface area contributed by atoms with E-state index in [0.717, 1.165) is 25.0 Å². The highest BCUT2D eigenvalue weighted by Crippen LogP contribution is 2.13. The second-order valence-electron chi connectivity index (χ2n) is 4.08. The van der Waals surface area contributed by atoms with Gasteiger partial charge in [0.2, 0.25) is 0 Å². The van der Waals surface area contributed by atoms with Crippen LogP contribution in [0.4, 0.5) is 4.79 Å². The number of carbonyl (C=O) groups excluding carboxylic acids is 2. The fourth-order valence-corrected chi connectivity index (χ4v) is 2.45. The molecular formula is C11H21N3O2S. The molecule has 0 bridgehead atoms. The number of hydrazine groups is 1. The zero-order valence-electron chi connectivity index (χ0n) is 10.5. The molecule has 1 atom stereocenters. The third-order valence-corrected chi connectivity index (χ3v) is 3.80. The lowest BCUT2D eigenvalue weighted by Gasteiger charge is -2.28. The summed E-state index contributed by atoms with van der Waals surface area (Å²) >= 11 is 1.63. The molecule has 0 aliphatic carbocycles. The van der Waals surface area contributed by atoms with Gasteiger partial charge in [0, 0.05) is 13.1 Å². The van der Waals surface area contributed by atoms with Crippen LogP contribution in [0.1, 0.15) is 33.1 Å². The first-order chi connectivity index (χ1) is 8.15. The number of unbranched alkanes of at least 4 members (excludes halogenated alkanes) is 1. The molecule has 1 aliphatic rings. The van der Waals surface area contributed by atoms with Gasteiger partial charge >= 0.3 is 6.03 Å². The van der Waals surface area contributed by atoms with E-state index in [1.54, 1.807) is 11.8 Å². The first-order valence-corrected chi connectivity index (χ1v) is 7.17. The fraction of sp³-hybridized carbons (Fsp3) is 0.818. The van der Waals surface area contributed by atoms with E-state index >= 15 is 0 Å². The zero-order valence-corrected chi connectivity index (χ0v) is 11.3. The lowest BCUT2D eigenvalue weighted by atomic mass is 10.3. The Kier molecular flexibility index (Phi) is 6.18. The first-order valence-electron chi connectivity index (χ1n) is 6.12. The van der Waals surface area contributed by atoms with E-state index in [1.165, 1.54) is 5.01 Å². The predicted octanol–water partition coefficient (Wildman–Crippen LogP) is 1.35. The van der Waals surface area contributed by atoms with Crippen LogP contribution >= 0.6 is 11.8 Å². The number of nitrogens with one attached hydrogen (secondary N) is 2. The molecule has 1 rings (SSSR count). The molecule has 0 aromatic carbocycles. The van der Waals surface area contributed by atoms with Gasteiger partial charge in [-0.1, -0.05) is 13.3 Å². The molecule has 0 aromatic heterocycles. The molecule has 0 spiro atoms. The minimum absolute atomic E-state index is 0.0943. The Morgan fingerprint density at radius 1 is 1.65 bits per heavy atom. The normalized spacial score (nSPS) is 17.5. The summed E-state index contributed by atoms with van der Waals surface area (Å²) in [6, 6.07) is -0.213. The van der Waals surface area contributed by atoms with E-state index in [1.807, 2.05) is 6.92 Å². The number of nitrogens with zero attached hydrogens (tertiary/aromatic N) is 1. The van der Waals surface area contributed by atoms with E-state index in [2.05, 4.69) is 17.7 Å².